The number of hydrogen-bond acceptors (Lipinski definition) is 4. The van der Waals surface area contributed by atoms with Crippen LogP contribution < -0.4 is 5.32 Å². The van der Waals surface area contributed by atoms with Gasteiger partial charge in [-0.05, 0) is 12.0 Å². The van der Waals surface area contributed by atoms with Crippen LogP contribution in [0.3, 0.4) is 0 Å². The molecule has 0 aliphatic rings. The fraction of sp³-hybridized carbons (Fsp3) is 0.417. The SMILES string of the molecule is CC[C@@H](CC(=O)O)NCc1ccc([N+](=O)[O-])cc1. The molecule has 1 atom stereocenters. The zero-order valence-electron chi connectivity index (χ0n) is 10.1. The highest BCUT2D eigenvalue weighted by atomic mass is 16.6. The highest BCUT2D eigenvalue weighted by Gasteiger charge is 2.10. The molecule has 2 N–H and O–H groups in total. The summed E-state index contributed by atoms with van der Waals surface area (Å²) >= 11 is 0. The van der Waals surface area contributed by atoms with E-state index in [-0.39, 0.29) is 18.2 Å². The zero-order valence-corrected chi connectivity index (χ0v) is 10.1. The van der Waals surface area contributed by atoms with Crippen molar-refractivity contribution in [2.45, 2.75) is 32.4 Å². The van der Waals surface area contributed by atoms with Crippen LogP contribution in [0, 0.1) is 10.1 Å². The van der Waals surface area contributed by atoms with Crippen molar-refractivity contribution < 1.29 is 14.8 Å². The molecule has 1 aromatic carbocycles. The zero-order chi connectivity index (χ0) is 13.5. The molecule has 1 aromatic rings. The largest absolute Gasteiger partial charge is 0.481 e. The average Bonchev–Trinajstić information content (AvgIpc) is 2.34. The van der Waals surface area contributed by atoms with E-state index in [1.165, 1.54) is 12.1 Å². The summed E-state index contributed by atoms with van der Waals surface area (Å²) in [7, 11) is 0. The van der Waals surface area contributed by atoms with Crippen molar-refractivity contribution in [2.75, 3.05) is 0 Å². The first-order valence-electron chi connectivity index (χ1n) is 5.71. The standard InChI is InChI=1S/C12H16N2O4/c1-2-10(7-12(15)16)13-8-9-3-5-11(6-4-9)14(17)18/h3-6,10,13H,2,7-8H2,1H3,(H,15,16)/t10-/m0/s1. The van der Waals surface area contributed by atoms with Crippen LogP contribution in [-0.2, 0) is 11.3 Å². The Morgan fingerprint density at radius 3 is 2.50 bits per heavy atom. The Bertz CT molecular complexity index is 417. The molecule has 1 rings (SSSR count). The van der Waals surface area contributed by atoms with Crippen LogP contribution >= 0.6 is 0 Å². The number of rotatable bonds is 7. The molecule has 6 heteroatoms. The number of carboxylic acids is 1. The number of benzene rings is 1. The van der Waals surface area contributed by atoms with Crippen molar-refractivity contribution >= 4 is 11.7 Å². The monoisotopic (exact) mass is 252 g/mol. The second-order valence-corrected chi connectivity index (χ2v) is 4.01. The predicted molar refractivity (Wildman–Crippen MR) is 66.3 cm³/mol. The lowest BCUT2D eigenvalue weighted by Crippen LogP contribution is -2.30. The average molecular weight is 252 g/mol. The van der Waals surface area contributed by atoms with Crippen LogP contribution in [0.25, 0.3) is 0 Å². The normalized spacial score (nSPS) is 12.1. The summed E-state index contributed by atoms with van der Waals surface area (Å²) in [5.74, 6) is -0.835. The van der Waals surface area contributed by atoms with Crippen molar-refractivity contribution in [1.82, 2.24) is 5.32 Å². The molecule has 0 saturated carbocycles. The number of nitro benzene ring substituents is 1. The molecule has 0 aliphatic carbocycles. The molecule has 0 saturated heterocycles. The fourth-order valence-corrected chi connectivity index (χ4v) is 1.57. The Morgan fingerprint density at radius 2 is 2.06 bits per heavy atom. The topological polar surface area (TPSA) is 92.5 Å². The first kappa shape index (κ1) is 14.1. The van der Waals surface area contributed by atoms with Crippen LogP contribution in [0.15, 0.2) is 24.3 Å². The van der Waals surface area contributed by atoms with E-state index < -0.39 is 10.9 Å². The van der Waals surface area contributed by atoms with Gasteiger partial charge < -0.3 is 10.4 Å². The Hall–Kier alpha value is -1.95. The quantitative estimate of drug-likeness (QED) is 0.571. The molecule has 0 radical (unpaired) electrons. The first-order valence-corrected chi connectivity index (χ1v) is 5.71. The number of hydrogen-bond donors (Lipinski definition) is 2. The maximum absolute atomic E-state index is 10.6. The van der Waals surface area contributed by atoms with E-state index in [2.05, 4.69) is 5.32 Å². The fourth-order valence-electron chi connectivity index (χ4n) is 1.57. The van der Waals surface area contributed by atoms with Crippen LogP contribution in [0.2, 0.25) is 0 Å². The molecule has 0 bridgehead atoms. The Morgan fingerprint density at radius 1 is 1.44 bits per heavy atom. The van der Waals surface area contributed by atoms with Gasteiger partial charge in [-0.1, -0.05) is 19.1 Å². The molecule has 6 nitrogen and oxygen atoms in total. The molecule has 0 aliphatic heterocycles. The van der Waals surface area contributed by atoms with Gasteiger partial charge in [-0.25, -0.2) is 0 Å². The van der Waals surface area contributed by atoms with E-state index in [0.29, 0.717) is 6.54 Å². The second-order valence-electron chi connectivity index (χ2n) is 4.01. The summed E-state index contributed by atoms with van der Waals surface area (Å²) in [5, 5.41) is 22.3. The molecule has 0 fully saturated rings. The van der Waals surface area contributed by atoms with E-state index in [4.69, 9.17) is 5.11 Å². The van der Waals surface area contributed by atoms with Crippen LogP contribution in [0.5, 0.6) is 0 Å². The number of nitrogens with one attached hydrogen (secondary N) is 1. The van der Waals surface area contributed by atoms with E-state index in [0.717, 1.165) is 12.0 Å². The molecule has 0 unspecified atom stereocenters. The van der Waals surface area contributed by atoms with Crippen LogP contribution in [0.4, 0.5) is 5.69 Å². The maximum atomic E-state index is 10.6. The highest BCUT2D eigenvalue weighted by Crippen LogP contribution is 2.12. The lowest BCUT2D eigenvalue weighted by Gasteiger charge is -2.14. The number of nitrogens with zero attached hydrogens (tertiary/aromatic N) is 1. The van der Waals surface area contributed by atoms with E-state index in [1.807, 2.05) is 6.92 Å². The molecule has 98 valence electrons. The van der Waals surface area contributed by atoms with Gasteiger partial charge in [0.25, 0.3) is 5.69 Å². The van der Waals surface area contributed by atoms with E-state index >= 15 is 0 Å². The van der Waals surface area contributed by atoms with Gasteiger partial charge in [0.05, 0.1) is 11.3 Å². The Labute approximate surface area is 105 Å². The molecule has 0 aromatic heterocycles. The molecular weight excluding hydrogens is 236 g/mol. The predicted octanol–water partition coefficient (Wildman–Crippen LogP) is 1.94. The van der Waals surface area contributed by atoms with Crippen LogP contribution in [0.1, 0.15) is 25.3 Å². The van der Waals surface area contributed by atoms with Gasteiger partial charge in [0.2, 0.25) is 0 Å². The lowest BCUT2D eigenvalue weighted by atomic mass is 10.1. The minimum Gasteiger partial charge on any atom is -0.481 e. The van der Waals surface area contributed by atoms with E-state index in [1.54, 1.807) is 12.1 Å². The van der Waals surface area contributed by atoms with Gasteiger partial charge in [-0.3, -0.25) is 14.9 Å². The van der Waals surface area contributed by atoms with Crippen LogP contribution in [-0.4, -0.2) is 22.0 Å². The second kappa shape index (κ2) is 6.70. The Balaban J connectivity index is 2.52. The van der Waals surface area contributed by atoms with Crippen molar-refractivity contribution in [3.05, 3.63) is 39.9 Å². The minimum absolute atomic E-state index is 0.0522. The van der Waals surface area contributed by atoms with Crippen molar-refractivity contribution in [3.8, 4) is 0 Å². The first-order chi connectivity index (χ1) is 8.52. The highest BCUT2D eigenvalue weighted by molar-refractivity contribution is 5.67. The van der Waals surface area contributed by atoms with Gasteiger partial charge in [0.15, 0.2) is 0 Å². The summed E-state index contributed by atoms with van der Waals surface area (Å²) in [5.41, 5.74) is 0.945. The third-order valence-corrected chi connectivity index (χ3v) is 2.66. The third kappa shape index (κ3) is 4.50. The third-order valence-electron chi connectivity index (χ3n) is 2.66. The smallest absolute Gasteiger partial charge is 0.304 e. The van der Waals surface area contributed by atoms with Gasteiger partial charge in [0.1, 0.15) is 0 Å². The van der Waals surface area contributed by atoms with Gasteiger partial charge in [0, 0.05) is 24.7 Å². The number of aliphatic carboxylic acids is 1. The summed E-state index contributed by atoms with van der Waals surface area (Å²) < 4.78 is 0. The molecule has 18 heavy (non-hydrogen) atoms. The number of carbonyl (C=O) groups is 1. The maximum Gasteiger partial charge on any atom is 0.304 e. The Kier molecular flexibility index (Phi) is 5.26. The summed E-state index contributed by atoms with van der Waals surface area (Å²) in [4.78, 5) is 20.6. The van der Waals surface area contributed by atoms with Crippen molar-refractivity contribution in [2.24, 2.45) is 0 Å². The van der Waals surface area contributed by atoms with Crippen molar-refractivity contribution in [1.29, 1.82) is 0 Å². The molecular formula is C12H16N2O4. The molecule has 0 spiro atoms. The number of non-ortho nitro benzene ring substituents is 1. The lowest BCUT2D eigenvalue weighted by molar-refractivity contribution is -0.384. The number of nitro groups is 1. The van der Waals surface area contributed by atoms with Gasteiger partial charge >= 0.3 is 5.97 Å². The van der Waals surface area contributed by atoms with Crippen molar-refractivity contribution in [3.63, 3.8) is 0 Å². The summed E-state index contributed by atoms with van der Waals surface area (Å²) in [6, 6.07) is 6.12. The van der Waals surface area contributed by atoms with E-state index in [9.17, 15) is 14.9 Å². The number of carboxylic acid groups (broad SMARTS) is 1. The van der Waals surface area contributed by atoms with Gasteiger partial charge in [-0.15, -0.1) is 0 Å². The molecule has 0 heterocycles. The van der Waals surface area contributed by atoms with Gasteiger partial charge in [-0.2, -0.15) is 0 Å². The molecule has 0 amide bonds. The summed E-state index contributed by atoms with van der Waals surface area (Å²) in [6.07, 6.45) is 0.794. The minimum atomic E-state index is -0.835. The summed E-state index contributed by atoms with van der Waals surface area (Å²) in [6.45, 7) is 2.42.